The Morgan fingerprint density at radius 2 is 1.67 bits per heavy atom. The Bertz CT molecular complexity index is 654. The number of hydrogen-bond acceptors (Lipinski definition) is 3. The zero-order chi connectivity index (χ0) is 16.8. The summed E-state index contributed by atoms with van der Waals surface area (Å²) in [4.78, 5) is 20.4. The van der Waals surface area contributed by atoms with E-state index in [1.165, 1.54) is 17.7 Å². The van der Waals surface area contributed by atoms with Gasteiger partial charge in [0.25, 0.3) is 0 Å². The van der Waals surface area contributed by atoms with Gasteiger partial charge in [-0.15, -0.1) is 0 Å². The molecule has 2 amide bonds. The van der Waals surface area contributed by atoms with Gasteiger partial charge in [-0.2, -0.15) is 0 Å². The van der Waals surface area contributed by atoms with E-state index >= 15 is 0 Å². The Balaban J connectivity index is 1.42. The number of rotatable bonds is 4. The maximum Gasteiger partial charge on any atom is 0.317 e. The lowest BCUT2D eigenvalue weighted by Gasteiger charge is -2.34. The van der Waals surface area contributed by atoms with Gasteiger partial charge in [0.15, 0.2) is 0 Å². The van der Waals surface area contributed by atoms with Crippen molar-refractivity contribution in [3.63, 3.8) is 0 Å². The molecule has 0 aliphatic carbocycles. The Kier molecular flexibility index (Phi) is 5.38. The summed E-state index contributed by atoms with van der Waals surface area (Å²) in [5, 5.41) is 2.89. The van der Waals surface area contributed by atoms with Crippen molar-refractivity contribution >= 4 is 6.03 Å². The van der Waals surface area contributed by atoms with Crippen molar-refractivity contribution in [1.29, 1.82) is 0 Å². The predicted molar refractivity (Wildman–Crippen MR) is 89.7 cm³/mol. The second-order valence-corrected chi connectivity index (χ2v) is 5.90. The van der Waals surface area contributed by atoms with Crippen LogP contribution in [0.25, 0.3) is 0 Å². The highest BCUT2D eigenvalue weighted by molar-refractivity contribution is 5.74. The number of piperazine rings is 1. The highest BCUT2D eigenvalue weighted by Crippen LogP contribution is 2.08. The molecule has 1 aliphatic heterocycles. The van der Waals surface area contributed by atoms with Gasteiger partial charge in [0.2, 0.25) is 0 Å². The van der Waals surface area contributed by atoms with Gasteiger partial charge in [0.1, 0.15) is 5.82 Å². The summed E-state index contributed by atoms with van der Waals surface area (Å²) in [6.07, 6.45) is 3.60. The first kappa shape index (κ1) is 16.4. The molecule has 1 aliphatic rings. The van der Waals surface area contributed by atoms with Gasteiger partial charge in [0, 0.05) is 51.7 Å². The average molecular weight is 328 g/mol. The van der Waals surface area contributed by atoms with Gasteiger partial charge < -0.3 is 10.2 Å². The van der Waals surface area contributed by atoms with Crippen molar-refractivity contribution in [2.24, 2.45) is 0 Å². The van der Waals surface area contributed by atoms with Gasteiger partial charge in [-0.1, -0.05) is 12.1 Å². The number of halogens is 1. The van der Waals surface area contributed by atoms with Gasteiger partial charge in [-0.3, -0.25) is 9.88 Å². The summed E-state index contributed by atoms with van der Waals surface area (Å²) >= 11 is 0. The molecule has 1 aromatic heterocycles. The van der Waals surface area contributed by atoms with Gasteiger partial charge in [-0.05, 0) is 35.4 Å². The third-order valence-corrected chi connectivity index (χ3v) is 4.17. The third kappa shape index (κ3) is 4.52. The zero-order valence-corrected chi connectivity index (χ0v) is 13.5. The molecule has 2 aromatic rings. The van der Waals surface area contributed by atoms with E-state index in [1.54, 1.807) is 24.5 Å². The van der Waals surface area contributed by atoms with Crippen LogP contribution in [0.5, 0.6) is 0 Å². The molecule has 3 rings (SSSR count). The second kappa shape index (κ2) is 7.88. The first-order valence-electron chi connectivity index (χ1n) is 8.09. The SMILES string of the molecule is O=C(NCc1ccc(F)cc1)N1CCN(Cc2ccncc2)CC1. The first-order valence-corrected chi connectivity index (χ1v) is 8.09. The molecule has 0 radical (unpaired) electrons. The number of nitrogens with zero attached hydrogens (tertiary/aromatic N) is 3. The number of hydrogen-bond donors (Lipinski definition) is 1. The van der Waals surface area contributed by atoms with Crippen LogP contribution in [0, 0.1) is 5.82 Å². The Labute approximate surface area is 141 Å². The summed E-state index contributed by atoms with van der Waals surface area (Å²) in [5.41, 5.74) is 2.13. The van der Waals surface area contributed by atoms with E-state index in [1.807, 2.05) is 17.0 Å². The Morgan fingerprint density at radius 3 is 2.33 bits per heavy atom. The van der Waals surface area contributed by atoms with Crippen molar-refractivity contribution in [2.45, 2.75) is 13.1 Å². The molecule has 1 N–H and O–H groups in total. The smallest absolute Gasteiger partial charge is 0.317 e. The summed E-state index contributed by atoms with van der Waals surface area (Å²) in [5.74, 6) is -0.268. The molecule has 126 valence electrons. The van der Waals surface area contributed by atoms with Crippen LogP contribution >= 0.6 is 0 Å². The zero-order valence-electron chi connectivity index (χ0n) is 13.5. The van der Waals surface area contributed by atoms with Crippen LogP contribution in [0.4, 0.5) is 9.18 Å². The molecule has 0 saturated carbocycles. The molecule has 0 atom stereocenters. The lowest BCUT2D eigenvalue weighted by Crippen LogP contribution is -2.51. The number of urea groups is 1. The second-order valence-electron chi connectivity index (χ2n) is 5.90. The van der Waals surface area contributed by atoms with E-state index < -0.39 is 0 Å². The molecule has 24 heavy (non-hydrogen) atoms. The number of pyridine rings is 1. The summed E-state index contributed by atoms with van der Waals surface area (Å²) in [6, 6.07) is 10.1. The predicted octanol–water partition coefficient (Wildman–Crippen LogP) is 2.25. The summed E-state index contributed by atoms with van der Waals surface area (Å²) in [6.45, 7) is 4.42. The van der Waals surface area contributed by atoms with E-state index in [2.05, 4.69) is 15.2 Å². The maximum atomic E-state index is 12.9. The van der Waals surface area contributed by atoms with E-state index in [0.717, 1.165) is 25.2 Å². The normalized spacial score (nSPS) is 15.3. The van der Waals surface area contributed by atoms with Crippen LogP contribution in [-0.4, -0.2) is 47.0 Å². The van der Waals surface area contributed by atoms with Crippen LogP contribution in [-0.2, 0) is 13.1 Å². The number of carbonyl (C=O) groups excluding carboxylic acids is 1. The van der Waals surface area contributed by atoms with E-state index in [9.17, 15) is 9.18 Å². The number of nitrogens with one attached hydrogen (secondary N) is 1. The number of amides is 2. The van der Waals surface area contributed by atoms with Crippen molar-refractivity contribution < 1.29 is 9.18 Å². The summed E-state index contributed by atoms with van der Waals surface area (Å²) < 4.78 is 12.9. The Hall–Kier alpha value is -2.47. The monoisotopic (exact) mass is 328 g/mol. The number of aromatic nitrogens is 1. The third-order valence-electron chi connectivity index (χ3n) is 4.17. The molecule has 1 fully saturated rings. The molecule has 6 heteroatoms. The molecule has 2 heterocycles. The van der Waals surface area contributed by atoms with Crippen LogP contribution in [0.2, 0.25) is 0 Å². The highest BCUT2D eigenvalue weighted by atomic mass is 19.1. The molecule has 1 aromatic carbocycles. The van der Waals surface area contributed by atoms with Crippen LogP contribution in [0.15, 0.2) is 48.8 Å². The van der Waals surface area contributed by atoms with Crippen molar-refractivity contribution in [3.8, 4) is 0 Å². The van der Waals surface area contributed by atoms with Crippen LogP contribution in [0.1, 0.15) is 11.1 Å². The average Bonchev–Trinajstić information content (AvgIpc) is 2.62. The molecule has 0 bridgehead atoms. The standard InChI is InChI=1S/C18H21FN4O/c19-17-3-1-15(2-4-17)13-21-18(24)23-11-9-22(10-12-23)14-16-5-7-20-8-6-16/h1-8H,9-14H2,(H,21,24). The molecule has 0 spiro atoms. The van der Waals surface area contributed by atoms with Crippen LogP contribution < -0.4 is 5.32 Å². The summed E-state index contributed by atoms with van der Waals surface area (Å²) in [7, 11) is 0. The molecule has 0 unspecified atom stereocenters. The van der Waals surface area contributed by atoms with Crippen molar-refractivity contribution in [1.82, 2.24) is 20.1 Å². The molecular formula is C18H21FN4O. The van der Waals surface area contributed by atoms with E-state index in [-0.39, 0.29) is 11.8 Å². The fraction of sp³-hybridized carbons (Fsp3) is 0.333. The minimum absolute atomic E-state index is 0.0668. The largest absolute Gasteiger partial charge is 0.334 e. The van der Waals surface area contributed by atoms with Gasteiger partial charge in [0.05, 0.1) is 0 Å². The highest BCUT2D eigenvalue weighted by Gasteiger charge is 2.20. The lowest BCUT2D eigenvalue weighted by molar-refractivity contribution is 0.135. The maximum absolute atomic E-state index is 12.9. The fourth-order valence-electron chi connectivity index (χ4n) is 2.75. The number of carbonyl (C=O) groups is 1. The fourth-order valence-corrected chi connectivity index (χ4v) is 2.75. The van der Waals surface area contributed by atoms with Gasteiger partial charge in [-0.25, -0.2) is 9.18 Å². The number of benzene rings is 1. The Morgan fingerprint density at radius 1 is 1.00 bits per heavy atom. The topological polar surface area (TPSA) is 48.5 Å². The van der Waals surface area contributed by atoms with Gasteiger partial charge >= 0.3 is 6.03 Å². The molecule has 1 saturated heterocycles. The minimum atomic E-state index is -0.268. The van der Waals surface area contributed by atoms with Crippen molar-refractivity contribution in [2.75, 3.05) is 26.2 Å². The quantitative estimate of drug-likeness (QED) is 0.936. The van der Waals surface area contributed by atoms with E-state index in [4.69, 9.17) is 0 Å². The van der Waals surface area contributed by atoms with E-state index in [0.29, 0.717) is 19.6 Å². The minimum Gasteiger partial charge on any atom is -0.334 e. The lowest BCUT2D eigenvalue weighted by atomic mass is 10.2. The van der Waals surface area contributed by atoms with Crippen molar-refractivity contribution in [3.05, 3.63) is 65.7 Å². The molecule has 5 nitrogen and oxygen atoms in total. The molecular weight excluding hydrogens is 307 g/mol. The van der Waals surface area contributed by atoms with Crippen LogP contribution in [0.3, 0.4) is 0 Å². The first-order chi connectivity index (χ1) is 11.7.